The van der Waals surface area contributed by atoms with E-state index >= 15 is 0 Å². The van der Waals surface area contributed by atoms with Gasteiger partial charge in [0.1, 0.15) is 0 Å². The summed E-state index contributed by atoms with van der Waals surface area (Å²) < 4.78 is 4.99. The molecule has 0 aromatic heterocycles. The van der Waals surface area contributed by atoms with Crippen LogP contribution in [0.5, 0.6) is 0 Å². The van der Waals surface area contributed by atoms with Crippen LogP contribution in [0.4, 0.5) is 0 Å². The van der Waals surface area contributed by atoms with Crippen molar-refractivity contribution in [2.75, 3.05) is 13.2 Å². The van der Waals surface area contributed by atoms with Crippen LogP contribution in [0, 0.1) is 5.92 Å². The zero-order valence-corrected chi connectivity index (χ0v) is 10.5. The van der Waals surface area contributed by atoms with Crippen molar-refractivity contribution in [1.82, 2.24) is 0 Å². The highest BCUT2D eigenvalue weighted by Crippen LogP contribution is 2.10. The number of esters is 1. The number of hydrogen-bond donors (Lipinski definition) is 1. The first-order valence-corrected chi connectivity index (χ1v) is 6.00. The maximum absolute atomic E-state index is 11.5. The van der Waals surface area contributed by atoms with Crippen molar-refractivity contribution in [2.24, 2.45) is 5.92 Å². The van der Waals surface area contributed by atoms with Crippen molar-refractivity contribution in [3.8, 4) is 0 Å². The summed E-state index contributed by atoms with van der Waals surface area (Å²) in [6.07, 6.45) is 1.50. The molecule has 1 aromatic carbocycles. The maximum Gasteiger partial charge on any atom is 0.338 e. The monoisotopic (exact) mass is 236 g/mol. The highest BCUT2D eigenvalue weighted by Gasteiger charge is 2.06. The minimum Gasteiger partial charge on any atom is -0.462 e. The van der Waals surface area contributed by atoms with Crippen LogP contribution in [0.3, 0.4) is 0 Å². The second kappa shape index (κ2) is 7.07. The Kier molecular flexibility index (Phi) is 5.70. The zero-order chi connectivity index (χ0) is 12.7. The molecule has 0 atom stereocenters. The van der Waals surface area contributed by atoms with Gasteiger partial charge in [-0.2, -0.15) is 0 Å². The van der Waals surface area contributed by atoms with Gasteiger partial charge in [0.25, 0.3) is 0 Å². The lowest BCUT2D eigenvalue weighted by Crippen LogP contribution is -2.07. The molecule has 0 saturated carbocycles. The highest BCUT2D eigenvalue weighted by atomic mass is 16.5. The van der Waals surface area contributed by atoms with Gasteiger partial charge in [0.05, 0.1) is 12.2 Å². The Morgan fingerprint density at radius 1 is 1.29 bits per heavy atom. The van der Waals surface area contributed by atoms with Crippen molar-refractivity contribution in [1.29, 1.82) is 0 Å². The Morgan fingerprint density at radius 2 is 1.94 bits per heavy atom. The lowest BCUT2D eigenvalue weighted by molar-refractivity contribution is 0.0482. The summed E-state index contributed by atoms with van der Waals surface area (Å²) in [6, 6.07) is 7.50. The van der Waals surface area contributed by atoms with Gasteiger partial charge in [-0.3, -0.25) is 0 Å². The van der Waals surface area contributed by atoms with Crippen LogP contribution >= 0.6 is 0 Å². The topological polar surface area (TPSA) is 46.5 Å². The average molecular weight is 236 g/mol. The van der Waals surface area contributed by atoms with Crippen molar-refractivity contribution in [2.45, 2.75) is 26.7 Å². The zero-order valence-electron chi connectivity index (χ0n) is 10.5. The van der Waals surface area contributed by atoms with E-state index in [4.69, 9.17) is 9.84 Å². The van der Waals surface area contributed by atoms with Gasteiger partial charge in [-0.15, -0.1) is 0 Å². The molecule has 3 heteroatoms. The summed E-state index contributed by atoms with van der Waals surface area (Å²) in [6.45, 7) is 4.64. The normalized spacial score (nSPS) is 10.6. The fraction of sp³-hybridized carbons (Fsp3) is 0.500. The first-order chi connectivity index (χ1) is 8.13. The van der Waals surface area contributed by atoms with Crippen molar-refractivity contribution >= 4 is 5.97 Å². The van der Waals surface area contributed by atoms with E-state index in [0.29, 0.717) is 17.9 Å². The maximum atomic E-state index is 11.5. The minimum atomic E-state index is -0.324. The second-order valence-corrected chi connectivity index (χ2v) is 4.51. The number of aliphatic hydroxyl groups excluding tert-OH is 1. The van der Waals surface area contributed by atoms with Crippen LogP contribution in [-0.2, 0) is 11.2 Å². The summed E-state index contributed by atoms with van der Waals surface area (Å²) in [4.78, 5) is 11.5. The molecule has 0 heterocycles. The Bertz CT molecular complexity index is 341. The highest BCUT2D eigenvalue weighted by molar-refractivity contribution is 5.89. The molecule has 0 aliphatic rings. The molecule has 0 bridgehead atoms. The van der Waals surface area contributed by atoms with Crippen molar-refractivity contribution in [3.05, 3.63) is 35.4 Å². The number of carbonyl (C=O) groups is 1. The Hall–Kier alpha value is -1.35. The van der Waals surface area contributed by atoms with E-state index in [9.17, 15) is 4.79 Å². The Balaban J connectivity index is 2.52. The molecule has 17 heavy (non-hydrogen) atoms. The molecular weight excluding hydrogens is 216 g/mol. The third kappa shape index (κ3) is 5.00. The van der Waals surface area contributed by atoms with Crippen LogP contribution in [0.25, 0.3) is 0 Å². The van der Waals surface area contributed by atoms with Gasteiger partial charge in [-0.05, 0) is 30.0 Å². The molecule has 1 rings (SSSR count). The average Bonchev–Trinajstić information content (AvgIpc) is 2.29. The van der Waals surface area contributed by atoms with Gasteiger partial charge >= 0.3 is 5.97 Å². The third-order valence-corrected chi connectivity index (χ3v) is 2.37. The molecule has 0 saturated heterocycles. The summed E-state index contributed by atoms with van der Waals surface area (Å²) >= 11 is 0. The fourth-order valence-corrected chi connectivity index (χ4v) is 1.56. The first-order valence-electron chi connectivity index (χ1n) is 6.00. The molecule has 0 amide bonds. The molecule has 1 aromatic rings. The van der Waals surface area contributed by atoms with Gasteiger partial charge in [0.15, 0.2) is 0 Å². The van der Waals surface area contributed by atoms with Gasteiger partial charge in [-0.25, -0.2) is 4.79 Å². The predicted molar refractivity (Wildman–Crippen MR) is 67.0 cm³/mol. The minimum absolute atomic E-state index is 0.0423. The van der Waals surface area contributed by atoms with Gasteiger partial charge in [0.2, 0.25) is 0 Å². The molecule has 0 aliphatic carbocycles. The predicted octanol–water partition coefficient (Wildman–Crippen LogP) is 2.42. The van der Waals surface area contributed by atoms with E-state index in [1.807, 2.05) is 12.1 Å². The van der Waals surface area contributed by atoms with E-state index in [2.05, 4.69) is 13.8 Å². The van der Waals surface area contributed by atoms with Crippen LogP contribution in [-0.4, -0.2) is 24.3 Å². The smallest absolute Gasteiger partial charge is 0.338 e. The van der Waals surface area contributed by atoms with Gasteiger partial charge in [0, 0.05) is 13.0 Å². The van der Waals surface area contributed by atoms with E-state index in [1.165, 1.54) is 5.56 Å². The number of rotatable bonds is 6. The van der Waals surface area contributed by atoms with E-state index < -0.39 is 0 Å². The SMILES string of the molecule is CC(C)Cc1ccc(C(=O)OCCCO)cc1. The van der Waals surface area contributed by atoms with Gasteiger partial charge < -0.3 is 9.84 Å². The number of aliphatic hydroxyl groups is 1. The number of ether oxygens (including phenoxy) is 1. The van der Waals surface area contributed by atoms with E-state index in [1.54, 1.807) is 12.1 Å². The van der Waals surface area contributed by atoms with Gasteiger partial charge in [-0.1, -0.05) is 26.0 Å². The van der Waals surface area contributed by atoms with Crippen molar-refractivity contribution in [3.63, 3.8) is 0 Å². The van der Waals surface area contributed by atoms with Crippen LogP contribution in [0.1, 0.15) is 36.2 Å². The lowest BCUT2D eigenvalue weighted by Gasteiger charge is -2.06. The second-order valence-electron chi connectivity index (χ2n) is 4.51. The molecular formula is C14H20O3. The third-order valence-electron chi connectivity index (χ3n) is 2.37. The van der Waals surface area contributed by atoms with E-state index in [0.717, 1.165) is 6.42 Å². The van der Waals surface area contributed by atoms with Crippen LogP contribution in [0.15, 0.2) is 24.3 Å². The standard InChI is InChI=1S/C14H20O3/c1-11(2)10-12-4-6-13(7-5-12)14(16)17-9-3-8-15/h4-7,11,15H,3,8-10H2,1-2H3. The molecule has 0 spiro atoms. The van der Waals surface area contributed by atoms with Crippen molar-refractivity contribution < 1.29 is 14.6 Å². The summed E-state index contributed by atoms with van der Waals surface area (Å²) in [7, 11) is 0. The van der Waals surface area contributed by atoms with E-state index in [-0.39, 0.29) is 19.2 Å². The quantitative estimate of drug-likeness (QED) is 0.609. The first kappa shape index (κ1) is 13.7. The Labute approximate surface area is 102 Å². The number of carbonyl (C=O) groups excluding carboxylic acids is 1. The summed E-state index contributed by atoms with van der Waals surface area (Å²) in [5, 5.41) is 8.58. The molecule has 0 radical (unpaired) electrons. The lowest BCUT2D eigenvalue weighted by atomic mass is 10.0. The summed E-state index contributed by atoms with van der Waals surface area (Å²) in [5.41, 5.74) is 1.79. The fourth-order valence-electron chi connectivity index (χ4n) is 1.56. The Morgan fingerprint density at radius 3 is 2.47 bits per heavy atom. The molecule has 0 unspecified atom stereocenters. The molecule has 0 aliphatic heterocycles. The number of hydrogen-bond acceptors (Lipinski definition) is 3. The van der Waals surface area contributed by atoms with Crippen LogP contribution in [0.2, 0.25) is 0 Å². The molecule has 0 fully saturated rings. The van der Waals surface area contributed by atoms with Crippen LogP contribution < -0.4 is 0 Å². The molecule has 3 nitrogen and oxygen atoms in total. The largest absolute Gasteiger partial charge is 0.462 e. The summed E-state index contributed by atoms with van der Waals surface area (Å²) in [5.74, 6) is 0.284. The molecule has 1 N–H and O–H groups in total. The molecule has 94 valence electrons. The number of benzene rings is 1.